The van der Waals surface area contributed by atoms with Gasteiger partial charge in [-0.05, 0) is 38.5 Å². The van der Waals surface area contributed by atoms with E-state index in [0.717, 1.165) is 5.56 Å². The zero-order chi connectivity index (χ0) is 19.5. The van der Waals surface area contributed by atoms with E-state index in [2.05, 4.69) is 13.2 Å². The maximum absolute atomic E-state index is 13.3. The molecule has 7 heteroatoms. The van der Waals surface area contributed by atoms with Crippen molar-refractivity contribution in [3.63, 3.8) is 0 Å². The van der Waals surface area contributed by atoms with E-state index >= 15 is 0 Å². The number of aliphatic hydroxyl groups is 1. The Balaban J connectivity index is 2.47. The van der Waals surface area contributed by atoms with Gasteiger partial charge in [-0.25, -0.2) is 8.42 Å². The summed E-state index contributed by atoms with van der Waals surface area (Å²) in [6, 6.07) is 5.84. The van der Waals surface area contributed by atoms with Crippen molar-refractivity contribution < 1.29 is 23.0 Å². The summed E-state index contributed by atoms with van der Waals surface area (Å²) in [4.78, 5) is 0.166. The summed E-state index contributed by atoms with van der Waals surface area (Å²) in [5.41, 5.74) is 1.30. The predicted molar refractivity (Wildman–Crippen MR) is 100 cm³/mol. The molecule has 1 fully saturated rings. The minimum Gasteiger partial charge on any atom is -0.392 e. The van der Waals surface area contributed by atoms with Crippen LogP contribution in [-0.2, 0) is 19.5 Å². The Morgan fingerprint density at radius 2 is 2.04 bits per heavy atom. The molecule has 26 heavy (non-hydrogen) atoms. The van der Waals surface area contributed by atoms with Crippen LogP contribution in [0.25, 0.3) is 0 Å². The minimum absolute atomic E-state index is 0.0557. The summed E-state index contributed by atoms with van der Waals surface area (Å²) in [6.45, 7) is 12.9. The van der Waals surface area contributed by atoms with Crippen LogP contribution in [0.3, 0.4) is 0 Å². The summed E-state index contributed by atoms with van der Waals surface area (Å²) in [5, 5.41) is 9.64. The molecule has 0 spiro atoms. The Morgan fingerprint density at radius 3 is 2.50 bits per heavy atom. The van der Waals surface area contributed by atoms with Gasteiger partial charge in [0, 0.05) is 6.54 Å². The number of ether oxygens (including phenoxy) is 2. The van der Waals surface area contributed by atoms with Crippen LogP contribution in [0.1, 0.15) is 19.4 Å². The molecule has 1 aliphatic heterocycles. The standard InChI is InChI=1S/C19H27NO5S/c1-6-11-20(26(22,23)16-9-7-14(2)8-10-16)18(15(3)12-21)17-13-24-19(4,5)25-17/h6-10,17-18,21H,1,3,11-13H2,2,4-5H3/t17-,18-/m1/s1. The van der Waals surface area contributed by atoms with Gasteiger partial charge in [0.1, 0.15) is 6.10 Å². The van der Waals surface area contributed by atoms with E-state index in [9.17, 15) is 13.5 Å². The Kier molecular flexibility index (Phi) is 6.42. The number of rotatable bonds is 8. The molecular formula is C19H27NO5S. The summed E-state index contributed by atoms with van der Waals surface area (Å²) >= 11 is 0. The first kappa shape index (κ1) is 20.8. The van der Waals surface area contributed by atoms with E-state index in [4.69, 9.17) is 9.47 Å². The van der Waals surface area contributed by atoms with E-state index in [1.54, 1.807) is 38.1 Å². The first-order chi connectivity index (χ1) is 12.1. The van der Waals surface area contributed by atoms with Crippen LogP contribution in [0.2, 0.25) is 0 Å². The monoisotopic (exact) mass is 381 g/mol. The molecule has 1 aliphatic rings. The Bertz CT molecular complexity index is 755. The van der Waals surface area contributed by atoms with Crippen LogP contribution in [0, 0.1) is 6.92 Å². The number of benzene rings is 1. The van der Waals surface area contributed by atoms with Crippen molar-refractivity contribution in [2.45, 2.75) is 43.6 Å². The van der Waals surface area contributed by atoms with Crippen molar-refractivity contribution in [3.05, 3.63) is 54.6 Å². The lowest BCUT2D eigenvalue weighted by molar-refractivity contribution is -0.142. The number of hydrogen-bond donors (Lipinski definition) is 1. The predicted octanol–water partition coefficient (Wildman–Crippen LogP) is 2.24. The average Bonchev–Trinajstić information content (AvgIpc) is 2.94. The number of hydrogen-bond acceptors (Lipinski definition) is 5. The van der Waals surface area contributed by atoms with Crippen molar-refractivity contribution in [1.29, 1.82) is 0 Å². The van der Waals surface area contributed by atoms with Gasteiger partial charge in [0.2, 0.25) is 10.0 Å². The van der Waals surface area contributed by atoms with Crippen molar-refractivity contribution in [1.82, 2.24) is 4.31 Å². The third-order valence-corrected chi connectivity index (χ3v) is 6.11. The van der Waals surface area contributed by atoms with Gasteiger partial charge >= 0.3 is 0 Å². The first-order valence-electron chi connectivity index (χ1n) is 8.42. The van der Waals surface area contributed by atoms with Gasteiger partial charge in [0.15, 0.2) is 5.79 Å². The van der Waals surface area contributed by atoms with E-state index in [1.165, 1.54) is 10.4 Å². The Morgan fingerprint density at radius 1 is 1.42 bits per heavy atom. The summed E-state index contributed by atoms with van der Waals surface area (Å²) < 4.78 is 39.3. The molecule has 2 rings (SSSR count). The van der Waals surface area contributed by atoms with Gasteiger partial charge < -0.3 is 14.6 Å². The van der Waals surface area contributed by atoms with Crippen LogP contribution in [0.4, 0.5) is 0 Å². The van der Waals surface area contributed by atoms with Crippen molar-refractivity contribution in [3.8, 4) is 0 Å². The largest absolute Gasteiger partial charge is 0.392 e. The third-order valence-electron chi connectivity index (χ3n) is 4.25. The highest BCUT2D eigenvalue weighted by atomic mass is 32.2. The van der Waals surface area contributed by atoms with Gasteiger partial charge in [0.05, 0.1) is 24.2 Å². The molecule has 1 N–H and O–H groups in total. The fourth-order valence-electron chi connectivity index (χ4n) is 2.95. The molecule has 0 unspecified atom stereocenters. The van der Waals surface area contributed by atoms with Crippen LogP contribution in [-0.4, -0.2) is 55.5 Å². The fourth-order valence-corrected chi connectivity index (χ4v) is 4.59. The van der Waals surface area contributed by atoms with E-state index in [-0.39, 0.29) is 24.7 Å². The molecule has 1 saturated heterocycles. The molecule has 2 atom stereocenters. The topological polar surface area (TPSA) is 76.1 Å². The molecule has 1 aromatic carbocycles. The van der Waals surface area contributed by atoms with E-state index < -0.39 is 28.0 Å². The zero-order valence-electron chi connectivity index (χ0n) is 15.5. The number of aryl methyl sites for hydroxylation is 1. The normalized spacial score (nSPS) is 20.9. The van der Waals surface area contributed by atoms with Crippen molar-refractivity contribution in [2.24, 2.45) is 0 Å². The molecule has 1 aromatic rings. The molecule has 0 aromatic heterocycles. The molecule has 0 radical (unpaired) electrons. The molecule has 0 saturated carbocycles. The lowest BCUT2D eigenvalue weighted by Crippen LogP contribution is -2.50. The van der Waals surface area contributed by atoms with Crippen LogP contribution < -0.4 is 0 Å². The van der Waals surface area contributed by atoms with Crippen LogP contribution in [0.15, 0.2) is 54.0 Å². The lowest BCUT2D eigenvalue weighted by atomic mass is 10.0. The van der Waals surface area contributed by atoms with Crippen LogP contribution >= 0.6 is 0 Å². The second-order valence-corrected chi connectivity index (χ2v) is 8.70. The molecular weight excluding hydrogens is 354 g/mol. The highest BCUT2D eigenvalue weighted by Gasteiger charge is 2.44. The maximum atomic E-state index is 13.3. The molecule has 144 valence electrons. The van der Waals surface area contributed by atoms with Gasteiger partial charge in [-0.3, -0.25) is 0 Å². The summed E-state index contributed by atoms with van der Waals surface area (Å²) in [5.74, 6) is -0.827. The molecule has 0 bridgehead atoms. The Labute approximate surface area is 155 Å². The van der Waals surface area contributed by atoms with E-state index in [1.807, 2.05) is 6.92 Å². The van der Waals surface area contributed by atoms with Gasteiger partial charge in [0.25, 0.3) is 0 Å². The van der Waals surface area contributed by atoms with Crippen molar-refractivity contribution in [2.75, 3.05) is 19.8 Å². The van der Waals surface area contributed by atoms with Gasteiger partial charge in [-0.15, -0.1) is 6.58 Å². The highest BCUT2D eigenvalue weighted by molar-refractivity contribution is 7.89. The summed E-state index contributed by atoms with van der Waals surface area (Å²) in [6.07, 6.45) is 0.925. The molecule has 1 heterocycles. The quantitative estimate of drug-likeness (QED) is 0.699. The second-order valence-electron chi connectivity index (χ2n) is 6.80. The molecule has 0 aliphatic carbocycles. The number of sulfonamides is 1. The lowest BCUT2D eigenvalue weighted by Gasteiger charge is -2.34. The Hall–Kier alpha value is -1.51. The SMILES string of the molecule is C=CCN([C@H](C(=C)CO)[C@H]1COC(C)(C)O1)S(=O)(=O)c1ccc(C)cc1. The highest BCUT2D eigenvalue weighted by Crippen LogP contribution is 2.31. The average molecular weight is 381 g/mol. The second kappa shape index (κ2) is 8.02. The summed E-state index contributed by atoms with van der Waals surface area (Å²) in [7, 11) is -3.85. The number of nitrogens with zero attached hydrogens (tertiary/aromatic N) is 1. The van der Waals surface area contributed by atoms with Crippen molar-refractivity contribution >= 4 is 10.0 Å². The van der Waals surface area contributed by atoms with Gasteiger partial charge in [-0.1, -0.05) is 30.4 Å². The number of aliphatic hydroxyl groups excluding tert-OH is 1. The fraction of sp³-hybridized carbons (Fsp3) is 0.474. The minimum atomic E-state index is -3.85. The third kappa shape index (κ3) is 4.42. The maximum Gasteiger partial charge on any atom is 0.243 e. The smallest absolute Gasteiger partial charge is 0.243 e. The van der Waals surface area contributed by atoms with Gasteiger partial charge in [-0.2, -0.15) is 4.31 Å². The van der Waals surface area contributed by atoms with Crippen LogP contribution in [0.5, 0.6) is 0 Å². The molecule has 6 nitrogen and oxygen atoms in total. The first-order valence-corrected chi connectivity index (χ1v) is 9.86. The molecule has 0 amide bonds. The van der Waals surface area contributed by atoms with E-state index in [0.29, 0.717) is 5.57 Å². The zero-order valence-corrected chi connectivity index (χ0v) is 16.3.